The molecule has 0 spiro atoms. The van der Waals surface area contributed by atoms with Gasteiger partial charge >= 0.3 is 11.9 Å². The lowest BCUT2D eigenvalue weighted by atomic mass is 10.0. The number of carboxylic acid groups (broad SMARTS) is 1. The Bertz CT molecular complexity index is 728. The van der Waals surface area contributed by atoms with Crippen LogP contribution in [0.3, 0.4) is 0 Å². The van der Waals surface area contributed by atoms with E-state index in [0.29, 0.717) is 11.1 Å². The van der Waals surface area contributed by atoms with Crippen molar-refractivity contribution in [2.24, 2.45) is 0 Å². The molecule has 0 aromatic heterocycles. The topological polar surface area (TPSA) is 63.6 Å². The van der Waals surface area contributed by atoms with Crippen molar-refractivity contribution < 1.29 is 23.8 Å². The van der Waals surface area contributed by atoms with Crippen molar-refractivity contribution in [2.45, 2.75) is 0 Å². The maximum atomic E-state index is 13.6. The summed E-state index contributed by atoms with van der Waals surface area (Å²) in [5.41, 5.74) is 0.732. The summed E-state index contributed by atoms with van der Waals surface area (Å²) in [5, 5.41) is 9.21. The van der Waals surface area contributed by atoms with Crippen molar-refractivity contribution in [3.8, 4) is 11.1 Å². The van der Waals surface area contributed by atoms with Crippen LogP contribution in [0.2, 0.25) is 5.02 Å². The van der Waals surface area contributed by atoms with Crippen LogP contribution in [0.1, 0.15) is 20.7 Å². The third-order valence-electron chi connectivity index (χ3n) is 2.80. The minimum absolute atomic E-state index is 0.0265. The molecule has 1 N–H and O–H groups in total. The molecule has 0 radical (unpaired) electrons. The van der Waals surface area contributed by atoms with Gasteiger partial charge in [-0.15, -0.1) is 0 Å². The van der Waals surface area contributed by atoms with Gasteiger partial charge in [0.2, 0.25) is 0 Å². The summed E-state index contributed by atoms with van der Waals surface area (Å²) in [7, 11) is 1.19. The van der Waals surface area contributed by atoms with Crippen molar-refractivity contribution >= 4 is 23.5 Å². The Hall–Kier alpha value is -2.40. The number of methoxy groups -OCH3 is 1. The Morgan fingerprint density at radius 1 is 1.05 bits per heavy atom. The van der Waals surface area contributed by atoms with Crippen molar-refractivity contribution in [1.29, 1.82) is 0 Å². The standard InChI is InChI=1S/C15H10ClFO4/c1-21-15(20)11-3-9(6-13(17)7-11)8-2-10(14(18)19)5-12(16)4-8/h2-7H,1H3,(H,18,19). The molecular weight excluding hydrogens is 299 g/mol. The first kappa shape index (κ1) is 15.0. The van der Waals surface area contributed by atoms with Gasteiger partial charge in [-0.3, -0.25) is 0 Å². The molecule has 0 saturated heterocycles. The molecule has 2 aromatic carbocycles. The molecule has 0 aliphatic heterocycles. The van der Waals surface area contributed by atoms with E-state index in [4.69, 9.17) is 16.7 Å². The number of hydrogen-bond acceptors (Lipinski definition) is 3. The fourth-order valence-corrected chi connectivity index (χ4v) is 2.11. The Morgan fingerprint density at radius 3 is 2.29 bits per heavy atom. The summed E-state index contributed by atoms with van der Waals surface area (Å²) < 4.78 is 18.2. The predicted octanol–water partition coefficient (Wildman–Crippen LogP) is 3.63. The maximum absolute atomic E-state index is 13.6. The van der Waals surface area contributed by atoms with Crippen LogP contribution in [0.5, 0.6) is 0 Å². The maximum Gasteiger partial charge on any atom is 0.337 e. The summed E-state index contributed by atoms with van der Waals surface area (Å²) >= 11 is 5.86. The van der Waals surface area contributed by atoms with Gasteiger partial charge in [0.25, 0.3) is 0 Å². The van der Waals surface area contributed by atoms with Crippen LogP contribution in [-0.4, -0.2) is 24.2 Å². The summed E-state index contributed by atoms with van der Waals surface area (Å²) in [5.74, 6) is -2.47. The molecule has 108 valence electrons. The number of hydrogen-bond donors (Lipinski definition) is 1. The van der Waals surface area contributed by atoms with E-state index >= 15 is 0 Å². The lowest BCUT2D eigenvalue weighted by molar-refractivity contribution is 0.0599. The lowest BCUT2D eigenvalue weighted by Gasteiger charge is -2.07. The average Bonchev–Trinajstić information content (AvgIpc) is 2.45. The Labute approximate surface area is 124 Å². The fraction of sp³-hybridized carbons (Fsp3) is 0.0667. The number of halogens is 2. The van der Waals surface area contributed by atoms with Crippen LogP contribution in [0, 0.1) is 5.82 Å². The van der Waals surface area contributed by atoms with Gasteiger partial charge in [0.05, 0.1) is 18.2 Å². The second kappa shape index (κ2) is 5.93. The highest BCUT2D eigenvalue weighted by Gasteiger charge is 2.12. The third-order valence-corrected chi connectivity index (χ3v) is 3.02. The first-order valence-corrected chi connectivity index (χ1v) is 6.21. The van der Waals surface area contributed by atoms with Crippen molar-refractivity contribution in [1.82, 2.24) is 0 Å². The largest absolute Gasteiger partial charge is 0.478 e. The van der Waals surface area contributed by atoms with E-state index in [1.807, 2.05) is 0 Å². The number of aromatic carboxylic acids is 1. The highest BCUT2D eigenvalue weighted by Crippen LogP contribution is 2.27. The smallest absolute Gasteiger partial charge is 0.337 e. The van der Waals surface area contributed by atoms with E-state index in [1.165, 1.54) is 37.4 Å². The van der Waals surface area contributed by atoms with Crippen LogP contribution < -0.4 is 0 Å². The van der Waals surface area contributed by atoms with E-state index in [2.05, 4.69) is 4.74 Å². The van der Waals surface area contributed by atoms with Crippen molar-refractivity contribution in [3.05, 3.63) is 58.4 Å². The summed E-state index contributed by atoms with van der Waals surface area (Å²) in [6.45, 7) is 0. The quantitative estimate of drug-likeness (QED) is 0.879. The van der Waals surface area contributed by atoms with Crippen LogP contribution in [0.15, 0.2) is 36.4 Å². The highest BCUT2D eigenvalue weighted by molar-refractivity contribution is 6.31. The van der Waals surface area contributed by atoms with Gasteiger partial charge in [-0.25, -0.2) is 14.0 Å². The van der Waals surface area contributed by atoms with E-state index in [-0.39, 0.29) is 16.1 Å². The molecule has 0 saturated carbocycles. The first-order valence-electron chi connectivity index (χ1n) is 5.84. The lowest BCUT2D eigenvalue weighted by Crippen LogP contribution is -2.02. The molecule has 0 amide bonds. The number of rotatable bonds is 3. The summed E-state index contributed by atoms with van der Waals surface area (Å²) in [4.78, 5) is 22.5. The van der Waals surface area contributed by atoms with Gasteiger partial charge in [0.1, 0.15) is 5.82 Å². The molecule has 0 heterocycles. The Kier molecular flexibility index (Phi) is 4.23. The van der Waals surface area contributed by atoms with Crippen LogP contribution in [-0.2, 0) is 4.74 Å². The molecule has 0 aliphatic rings. The van der Waals surface area contributed by atoms with E-state index < -0.39 is 17.8 Å². The van der Waals surface area contributed by atoms with Crippen molar-refractivity contribution in [2.75, 3.05) is 7.11 Å². The fourth-order valence-electron chi connectivity index (χ4n) is 1.87. The molecule has 6 heteroatoms. The molecule has 0 fully saturated rings. The molecule has 0 bridgehead atoms. The molecule has 0 aliphatic carbocycles. The zero-order valence-corrected chi connectivity index (χ0v) is 11.6. The van der Waals surface area contributed by atoms with Gasteiger partial charge in [-0.05, 0) is 47.5 Å². The van der Waals surface area contributed by atoms with Crippen LogP contribution in [0.4, 0.5) is 4.39 Å². The monoisotopic (exact) mass is 308 g/mol. The molecule has 21 heavy (non-hydrogen) atoms. The van der Waals surface area contributed by atoms with Gasteiger partial charge in [-0.2, -0.15) is 0 Å². The number of benzene rings is 2. The first-order chi connectivity index (χ1) is 9.90. The predicted molar refractivity (Wildman–Crippen MR) is 75.1 cm³/mol. The zero-order valence-electron chi connectivity index (χ0n) is 10.9. The van der Waals surface area contributed by atoms with Gasteiger partial charge < -0.3 is 9.84 Å². The number of carboxylic acids is 1. The van der Waals surface area contributed by atoms with Crippen molar-refractivity contribution in [3.63, 3.8) is 0 Å². The SMILES string of the molecule is COC(=O)c1cc(F)cc(-c2cc(Cl)cc(C(=O)O)c2)c1. The normalized spacial score (nSPS) is 10.2. The Balaban J connectivity index is 2.58. The molecule has 4 nitrogen and oxygen atoms in total. The van der Waals surface area contributed by atoms with Gasteiger partial charge in [-0.1, -0.05) is 11.6 Å². The molecule has 2 rings (SSSR count). The summed E-state index contributed by atoms with van der Waals surface area (Å²) in [6, 6.07) is 7.76. The van der Waals surface area contributed by atoms with E-state index in [0.717, 1.165) is 6.07 Å². The minimum Gasteiger partial charge on any atom is -0.478 e. The second-order valence-corrected chi connectivity index (χ2v) is 4.69. The van der Waals surface area contributed by atoms with Gasteiger partial charge in [0.15, 0.2) is 0 Å². The summed E-state index contributed by atoms with van der Waals surface area (Å²) in [6.07, 6.45) is 0. The van der Waals surface area contributed by atoms with E-state index in [1.54, 1.807) is 0 Å². The third kappa shape index (κ3) is 3.38. The Morgan fingerprint density at radius 2 is 1.67 bits per heavy atom. The zero-order chi connectivity index (χ0) is 15.6. The van der Waals surface area contributed by atoms with Crippen LogP contribution >= 0.6 is 11.6 Å². The van der Waals surface area contributed by atoms with E-state index in [9.17, 15) is 14.0 Å². The molecule has 0 atom stereocenters. The molecular formula is C15H10ClFO4. The van der Waals surface area contributed by atoms with Crippen LogP contribution in [0.25, 0.3) is 11.1 Å². The second-order valence-electron chi connectivity index (χ2n) is 4.25. The number of esters is 1. The van der Waals surface area contributed by atoms with Gasteiger partial charge in [0, 0.05) is 5.02 Å². The highest BCUT2D eigenvalue weighted by atomic mass is 35.5. The average molecular weight is 309 g/mol. The molecule has 0 unspecified atom stereocenters. The number of ether oxygens (including phenoxy) is 1. The molecule has 2 aromatic rings. The number of carbonyl (C=O) groups is 2. The minimum atomic E-state index is -1.15. The number of carbonyl (C=O) groups excluding carboxylic acids is 1.